The minimum absolute atomic E-state index is 0.112. The Bertz CT molecular complexity index is 716. The summed E-state index contributed by atoms with van der Waals surface area (Å²) in [5.41, 5.74) is 2.19. The van der Waals surface area contributed by atoms with Crippen molar-refractivity contribution in [3.05, 3.63) is 60.2 Å². The molecule has 0 bridgehead atoms. The van der Waals surface area contributed by atoms with Gasteiger partial charge in [-0.2, -0.15) is 0 Å². The summed E-state index contributed by atoms with van der Waals surface area (Å²) in [4.78, 5) is 26.5. The lowest BCUT2D eigenvalue weighted by Crippen LogP contribution is -2.33. The number of hydrogen-bond acceptors (Lipinski definition) is 3. The van der Waals surface area contributed by atoms with Gasteiger partial charge in [0, 0.05) is 30.0 Å². The van der Waals surface area contributed by atoms with Crippen molar-refractivity contribution in [2.24, 2.45) is 0 Å². The molecule has 0 aliphatic rings. The quantitative estimate of drug-likeness (QED) is 0.676. The van der Waals surface area contributed by atoms with Gasteiger partial charge in [0.2, 0.25) is 5.91 Å². The average molecular weight is 353 g/mol. The number of nitrogens with zero attached hydrogens (tertiary/aromatic N) is 1. The topological polar surface area (TPSA) is 61.4 Å². The van der Waals surface area contributed by atoms with E-state index in [1.807, 2.05) is 42.2 Å². The normalized spacial score (nSPS) is 10.2. The largest absolute Gasteiger partial charge is 0.362 e. The molecule has 0 radical (unpaired) electrons. The minimum Gasteiger partial charge on any atom is -0.362 e. The van der Waals surface area contributed by atoms with E-state index in [4.69, 9.17) is 0 Å². The van der Waals surface area contributed by atoms with Crippen LogP contribution in [0, 0.1) is 0 Å². The van der Waals surface area contributed by atoms with Gasteiger partial charge in [0.05, 0.1) is 6.54 Å². The highest BCUT2D eigenvalue weighted by atomic mass is 16.2. The number of nitrogens with one attached hydrogen (secondary N) is 2. The lowest BCUT2D eigenvalue weighted by atomic mass is 10.2. The molecule has 5 nitrogen and oxygen atoms in total. The van der Waals surface area contributed by atoms with Crippen molar-refractivity contribution in [1.29, 1.82) is 0 Å². The predicted molar refractivity (Wildman–Crippen MR) is 107 cm³/mol. The number of unbranched alkanes of at least 4 members (excludes halogenated alkanes) is 1. The van der Waals surface area contributed by atoms with Crippen molar-refractivity contribution in [3.63, 3.8) is 0 Å². The predicted octanol–water partition coefficient (Wildman–Crippen LogP) is 3.68. The molecule has 0 saturated carbocycles. The number of carbonyl (C=O) groups excluding carboxylic acids is 2. The number of amides is 2. The van der Waals surface area contributed by atoms with Gasteiger partial charge in [-0.25, -0.2) is 0 Å². The van der Waals surface area contributed by atoms with Crippen molar-refractivity contribution < 1.29 is 9.59 Å². The summed E-state index contributed by atoms with van der Waals surface area (Å²) in [5, 5.41) is 5.76. The van der Waals surface area contributed by atoms with Crippen LogP contribution >= 0.6 is 0 Å². The van der Waals surface area contributed by atoms with Gasteiger partial charge in [-0.05, 0) is 43.7 Å². The van der Waals surface area contributed by atoms with Gasteiger partial charge in [0.15, 0.2) is 0 Å². The molecule has 0 saturated heterocycles. The zero-order valence-corrected chi connectivity index (χ0v) is 15.5. The highest BCUT2D eigenvalue weighted by Crippen LogP contribution is 2.14. The number of anilines is 2. The monoisotopic (exact) mass is 353 g/mol. The van der Waals surface area contributed by atoms with Crippen LogP contribution in [-0.4, -0.2) is 31.4 Å². The molecule has 2 rings (SSSR count). The van der Waals surface area contributed by atoms with E-state index in [0.717, 1.165) is 25.1 Å². The molecule has 5 heteroatoms. The van der Waals surface area contributed by atoms with Crippen molar-refractivity contribution in [1.82, 2.24) is 5.32 Å². The summed E-state index contributed by atoms with van der Waals surface area (Å²) in [5.74, 6) is -0.228. The van der Waals surface area contributed by atoms with Crippen LogP contribution in [0.5, 0.6) is 0 Å². The SMILES string of the molecule is CCCCNC(=O)c1cccc(NC(=O)CN(CC)c2ccccc2)c1. The summed E-state index contributed by atoms with van der Waals surface area (Å²) in [6.07, 6.45) is 1.99. The van der Waals surface area contributed by atoms with E-state index in [9.17, 15) is 9.59 Å². The molecule has 0 spiro atoms. The molecule has 0 atom stereocenters. The highest BCUT2D eigenvalue weighted by molar-refractivity contribution is 5.98. The third kappa shape index (κ3) is 5.92. The maximum absolute atomic E-state index is 12.4. The maximum Gasteiger partial charge on any atom is 0.251 e. The minimum atomic E-state index is -0.117. The Balaban J connectivity index is 1.96. The second-order valence-electron chi connectivity index (χ2n) is 6.09. The summed E-state index contributed by atoms with van der Waals surface area (Å²) >= 11 is 0. The lowest BCUT2D eigenvalue weighted by molar-refractivity contribution is -0.115. The van der Waals surface area contributed by atoms with Crippen molar-refractivity contribution in [2.75, 3.05) is 29.9 Å². The Morgan fingerprint density at radius 1 is 1.00 bits per heavy atom. The van der Waals surface area contributed by atoms with Crippen LogP contribution in [-0.2, 0) is 4.79 Å². The van der Waals surface area contributed by atoms with Crippen molar-refractivity contribution >= 4 is 23.2 Å². The number of carbonyl (C=O) groups is 2. The first-order chi connectivity index (χ1) is 12.6. The Hall–Kier alpha value is -2.82. The fraction of sp³-hybridized carbons (Fsp3) is 0.333. The van der Waals surface area contributed by atoms with Gasteiger partial charge in [-0.1, -0.05) is 37.6 Å². The first-order valence-corrected chi connectivity index (χ1v) is 9.12. The molecular weight excluding hydrogens is 326 g/mol. The highest BCUT2D eigenvalue weighted by Gasteiger charge is 2.11. The van der Waals surface area contributed by atoms with Gasteiger partial charge in [-0.3, -0.25) is 9.59 Å². The van der Waals surface area contributed by atoms with Crippen LogP contribution in [0.25, 0.3) is 0 Å². The van der Waals surface area contributed by atoms with Crippen LogP contribution in [0.2, 0.25) is 0 Å². The molecule has 0 aliphatic heterocycles. The van der Waals surface area contributed by atoms with Crippen LogP contribution < -0.4 is 15.5 Å². The Morgan fingerprint density at radius 3 is 2.46 bits per heavy atom. The zero-order valence-electron chi connectivity index (χ0n) is 15.5. The summed E-state index contributed by atoms with van der Waals surface area (Å²) < 4.78 is 0. The Morgan fingerprint density at radius 2 is 1.77 bits per heavy atom. The number of likely N-dealkylation sites (N-methyl/N-ethyl adjacent to an activating group) is 1. The molecule has 2 aromatic carbocycles. The maximum atomic E-state index is 12.4. The van der Waals surface area contributed by atoms with Gasteiger partial charge in [-0.15, -0.1) is 0 Å². The fourth-order valence-corrected chi connectivity index (χ4v) is 2.62. The van der Waals surface area contributed by atoms with E-state index in [0.29, 0.717) is 17.8 Å². The second-order valence-corrected chi connectivity index (χ2v) is 6.09. The van der Waals surface area contributed by atoms with Crippen LogP contribution in [0.15, 0.2) is 54.6 Å². The number of benzene rings is 2. The lowest BCUT2D eigenvalue weighted by Gasteiger charge is -2.22. The standard InChI is InChI=1S/C21H27N3O2/c1-3-5-14-22-21(26)17-10-9-11-18(15-17)23-20(25)16-24(4-2)19-12-7-6-8-13-19/h6-13,15H,3-5,14,16H2,1-2H3,(H,22,26)(H,23,25). The number of hydrogen-bond donors (Lipinski definition) is 2. The van der Waals surface area contributed by atoms with E-state index >= 15 is 0 Å². The summed E-state index contributed by atoms with van der Waals surface area (Å²) in [6, 6.07) is 16.9. The van der Waals surface area contributed by atoms with E-state index in [-0.39, 0.29) is 18.4 Å². The Labute approximate surface area is 155 Å². The third-order valence-electron chi connectivity index (χ3n) is 4.06. The first kappa shape index (κ1) is 19.5. The molecule has 0 aromatic heterocycles. The first-order valence-electron chi connectivity index (χ1n) is 9.12. The molecule has 2 aromatic rings. The number of rotatable bonds is 9. The molecule has 2 amide bonds. The van der Waals surface area contributed by atoms with E-state index in [1.54, 1.807) is 24.3 Å². The van der Waals surface area contributed by atoms with Gasteiger partial charge in [0.1, 0.15) is 0 Å². The van der Waals surface area contributed by atoms with Gasteiger partial charge < -0.3 is 15.5 Å². The molecule has 0 fully saturated rings. The zero-order chi connectivity index (χ0) is 18.8. The molecule has 0 heterocycles. The van der Waals surface area contributed by atoms with Crippen molar-refractivity contribution in [2.45, 2.75) is 26.7 Å². The van der Waals surface area contributed by atoms with E-state index < -0.39 is 0 Å². The van der Waals surface area contributed by atoms with Gasteiger partial charge in [0.25, 0.3) is 5.91 Å². The molecule has 2 N–H and O–H groups in total. The third-order valence-corrected chi connectivity index (χ3v) is 4.06. The molecule has 0 unspecified atom stereocenters. The fourth-order valence-electron chi connectivity index (χ4n) is 2.62. The molecule has 26 heavy (non-hydrogen) atoms. The summed E-state index contributed by atoms with van der Waals surface area (Å²) in [6.45, 7) is 5.75. The van der Waals surface area contributed by atoms with E-state index in [2.05, 4.69) is 17.6 Å². The molecule has 138 valence electrons. The molecular formula is C21H27N3O2. The van der Waals surface area contributed by atoms with Crippen molar-refractivity contribution in [3.8, 4) is 0 Å². The summed E-state index contributed by atoms with van der Waals surface area (Å²) in [7, 11) is 0. The van der Waals surface area contributed by atoms with Crippen LogP contribution in [0.1, 0.15) is 37.0 Å². The second kappa shape index (κ2) is 10.2. The smallest absolute Gasteiger partial charge is 0.251 e. The Kier molecular flexibility index (Phi) is 7.68. The number of para-hydroxylation sites is 1. The molecule has 0 aliphatic carbocycles. The van der Waals surface area contributed by atoms with Crippen LogP contribution in [0.3, 0.4) is 0 Å². The van der Waals surface area contributed by atoms with Gasteiger partial charge >= 0.3 is 0 Å². The van der Waals surface area contributed by atoms with E-state index in [1.165, 1.54) is 0 Å². The average Bonchev–Trinajstić information content (AvgIpc) is 2.67. The van der Waals surface area contributed by atoms with Crippen LogP contribution in [0.4, 0.5) is 11.4 Å².